The summed E-state index contributed by atoms with van der Waals surface area (Å²) in [6, 6.07) is 1.39. The van der Waals surface area contributed by atoms with Crippen LogP contribution in [0.5, 0.6) is 0 Å². The molecule has 0 saturated carbocycles. The number of hydrogen-bond acceptors (Lipinski definition) is 4. The van der Waals surface area contributed by atoms with Crippen LogP contribution in [0.15, 0.2) is 29.2 Å². The van der Waals surface area contributed by atoms with Gasteiger partial charge in [-0.2, -0.15) is 17.9 Å². The lowest BCUT2D eigenvalue weighted by atomic mass is 10.2. The van der Waals surface area contributed by atoms with Crippen molar-refractivity contribution >= 4 is 16.0 Å². The lowest BCUT2D eigenvalue weighted by molar-refractivity contribution is -0.140. The minimum Gasteiger partial charge on any atom is -0.480 e. The second-order valence-corrected chi connectivity index (χ2v) is 5.71. The fourth-order valence-corrected chi connectivity index (χ4v) is 2.64. The van der Waals surface area contributed by atoms with Crippen LogP contribution in [0.1, 0.15) is 5.56 Å². The molecule has 0 aliphatic carbocycles. The number of sulfonamides is 1. The second kappa shape index (κ2) is 6.41. The summed E-state index contributed by atoms with van der Waals surface area (Å²) < 4.78 is 67.7. The van der Waals surface area contributed by atoms with Crippen LogP contribution >= 0.6 is 0 Å². The molecular formula is C11H12F3NO5S. The highest BCUT2D eigenvalue weighted by molar-refractivity contribution is 7.89. The van der Waals surface area contributed by atoms with Crippen molar-refractivity contribution in [1.29, 1.82) is 0 Å². The lowest BCUT2D eigenvalue weighted by Gasteiger charge is -2.14. The Hall–Kier alpha value is -1.65. The molecule has 0 aliphatic heterocycles. The molecule has 1 aromatic rings. The molecule has 10 heteroatoms. The van der Waals surface area contributed by atoms with E-state index in [0.717, 1.165) is 19.2 Å². The first-order valence-corrected chi connectivity index (χ1v) is 6.97. The zero-order chi connectivity index (χ0) is 16.3. The first kappa shape index (κ1) is 17.4. The van der Waals surface area contributed by atoms with Gasteiger partial charge in [-0.05, 0) is 18.2 Å². The molecule has 0 fully saturated rings. The Labute approximate surface area is 118 Å². The smallest absolute Gasteiger partial charge is 0.416 e. The Morgan fingerprint density at radius 1 is 1.43 bits per heavy atom. The Morgan fingerprint density at radius 2 is 2.05 bits per heavy atom. The fourth-order valence-electron chi connectivity index (χ4n) is 1.42. The standard InChI is InChI=1S/C11H12F3NO5S/c1-20-6-9(10(16)17)15-21(18,19)8-4-2-3-7(5-8)11(12,13)14/h2-5,9,15H,6H2,1H3,(H,16,17). The SMILES string of the molecule is COCC(NS(=O)(=O)c1cccc(C(F)(F)F)c1)C(=O)O. The minimum atomic E-state index is -4.70. The number of benzene rings is 1. The summed E-state index contributed by atoms with van der Waals surface area (Å²) in [6.07, 6.45) is -4.70. The van der Waals surface area contributed by atoms with Crippen LogP contribution in [0.3, 0.4) is 0 Å². The van der Waals surface area contributed by atoms with E-state index in [0.29, 0.717) is 12.1 Å². The molecule has 0 amide bonds. The van der Waals surface area contributed by atoms with E-state index < -0.39 is 45.3 Å². The number of carboxylic acids is 1. The van der Waals surface area contributed by atoms with Gasteiger partial charge in [0.25, 0.3) is 0 Å². The number of halogens is 3. The van der Waals surface area contributed by atoms with Crippen LogP contribution in [0.25, 0.3) is 0 Å². The fraction of sp³-hybridized carbons (Fsp3) is 0.364. The highest BCUT2D eigenvalue weighted by Crippen LogP contribution is 2.30. The highest BCUT2D eigenvalue weighted by Gasteiger charge is 2.32. The summed E-state index contributed by atoms with van der Waals surface area (Å²) in [5, 5.41) is 8.81. The molecule has 0 aromatic heterocycles. The number of nitrogens with one attached hydrogen (secondary N) is 1. The molecule has 2 N–H and O–H groups in total. The van der Waals surface area contributed by atoms with Gasteiger partial charge in [0.15, 0.2) is 0 Å². The van der Waals surface area contributed by atoms with Crippen molar-refractivity contribution in [2.24, 2.45) is 0 Å². The van der Waals surface area contributed by atoms with Gasteiger partial charge in [-0.3, -0.25) is 4.79 Å². The number of hydrogen-bond donors (Lipinski definition) is 2. The van der Waals surface area contributed by atoms with Gasteiger partial charge in [0.05, 0.1) is 17.1 Å². The lowest BCUT2D eigenvalue weighted by Crippen LogP contribution is -2.43. The van der Waals surface area contributed by atoms with E-state index in [1.54, 1.807) is 4.72 Å². The molecule has 1 atom stereocenters. The van der Waals surface area contributed by atoms with Gasteiger partial charge < -0.3 is 9.84 Å². The van der Waals surface area contributed by atoms with E-state index in [4.69, 9.17) is 5.11 Å². The Balaban J connectivity index is 3.11. The summed E-state index contributed by atoms with van der Waals surface area (Å²) in [5.41, 5.74) is -1.15. The van der Waals surface area contributed by atoms with Crippen LogP contribution in [0.2, 0.25) is 0 Å². The van der Waals surface area contributed by atoms with Crippen LogP contribution in [-0.4, -0.2) is 39.3 Å². The normalized spacial score (nSPS) is 13.9. The van der Waals surface area contributed by atoms with Crippen molar-refractivity contribution in [2.45, 2.75) is 17.1 Å². The number of carboxylic acid groups (broad SMARTS) is 1. The van der Waals surface area contributed by atoms with Crippen molar-refractivity contribution < 1.29 is 36.2 Å². The summed E-state index contributed by atoms with van der Waals surface area (Å²) in [4.78, 5) is 10.2. The number of methoxy groups -OCH3 is 1. The molecule has 21 heavy (non-hydrogen) atoms. The van der Waals surface area contributed by atoms with Crippen molar-refractivity contribution in [3.05, 3.63) is 29.8 Å². The zero-order valence-corrected chi connectivity index (χ0v) is 11.5. The average Bonchev–Trinajstić information content (AvgIpc) is 2.37. The molecule has 0 bridgehead atoms. The number of carbonyl (C=O) groups is 1. The third-order valence-corrected chi connectivity index (χ3v) is 3.87. The molecule has 1 aromatic carbocycles. The molecule has 0 saturated heterocycles. The molecule has 0 spiro atoms. The Morgan fingerprint density at radius 3 is 2.52 bits per heavy atom. The maximum absolute atomic E-state index is 12.5. The maximum atomic E-state index is 12.5. The minimum absolute atomic E-state index is 0.425. The van der Waals surface area contributed by atoms with E-state index in [2.05, 4.69) is 4.74 Å². The molecule has 118 valence electrons. The predicted octanol–water partition coefficient (Wildman–Crippen LogP) is 1.08. The van der Waals surface area contributed by atoms with Gasteiger partial charge in [0.1, 0.15) is 6.04 Å². The summed E-state index contributed by atoms with van der Waals surface area (Å²) in [6.45, 7) is -0.465. The number of rotatable bonds is 6. The highest BCUT2D eigenvalue weighted by atomic mass is 32.2. The average molecular weight is 327 g/mol. The van der Waals surface area contributed by atoms with Gasteiger partial charge in [-0.25, -0.2) is 8.42 Å². The van der Waals surface area contributed by atoms with E-state index in [-0.39, 0.29) is 0 Å². The van der Waals surface area contributed by atoms with Gasteiger partial charge in [0.2, 0.25) is 10.0 Å². The monoisotopic (exact) mass is 327 g/mol. The molecular weight excluding hydrogens is 315 g/mol. The Bertz CT molecular complexity index is 615. The first-order valence-electron chi connectivity index (χ1n) is 5.49. The van der Waals surface area contributed by atoms with E-state index in [1.807, 2.05) is 0 Å². The molecule has 0 radical (unpaired) electrons. The van der Waals surface area contributed by atoms with Crippen molar-refractivity contribution in [3.8, 4) is 0 Å². The quantitative estimate of drug-likeness (QED) is 0.816. The summed E-state index contributed by atoms with van der Waals surface area (Å²) >= 11 is 0. The van der Waals surface area contributed by atoms with Gasteiger partial charge in [0, 0.05) is 7.11 Å². The molecule has 1 rings (SSSR count). The summed E-state index contributed by atoms with van der Waals surface area (Å²) in [5.74, 6) is -1.51. The van der Waals surface area contributed by atoms with E-state index in [9.17, 15) is 26.4 Å². The summed E-state index contributed by atoms with van der Waals surface area (Å²) in [7, 11) is -3.26. The maximum Gasteiger partial charge on any atom is 0.416 e. The first-order chi connectivity index (χ1) is 9.58. The van der Waals surface area contributed by atoms with Crippen LogP contribution < -0.4 is 4.72 Å². The second-order valence-electron chi connectivity index (χ2n) is 3.99. The topological polar surface area (TPSA) is 92.7 Å². The van der Waals surface area contributed by atoms with Crippen molar-refractivity contribution in [2.75, 3.05) is 13.7 Å². The van der Waals surface area contributed by atoms with Crippen LogP contribution in [0.4, 0.5) is 13.2 Å². The largest absolute Gasteiger partial charge is 0.480 e. The molecule has 6 nitrogen and oxygen atoms in total. The Kier molecular flexibility index (Phi) is 5.31. The number of alkyl halides is 3. The van der Waals surface area contributed by atoms with E-state index >= 15 is 0 Å². The third kappa shape index (κ3) is 4.69. The van der Waals surface area contributed by atoms with Gasteiger partial charge >= 0.3 is 12.1 Å². The molecule has 0 heterocycles. The van der Waals surface area contributed by atoms with Gasteiger partial charge in [-0.1, -0.05) is 6.07 Å². The van der Waals surface area contributed by atoms with Crippen molar-refractivity contribution in [3.63, 3.8) is 0 Å². The van der Waals surface area contributed by atoms with Crippen LogP contribution in [0, 0.1) is 0 Å². The molecule has 0 aliphatic rings. The van der Waals surface area contributed by atoms with E-state index in [1.165, 1.54) is 0 Å². The third-order valence-electron chi connectivity index (χ3n) is 2.40. The van der Waals surface area contributed by atoms with Gasteiger partial charge in [-0.15, -0.1) is 0 Å². The number of aliphatic carboxylic acids is 1. The zero-order valence-electron chi connectivity index (χ0n) is 10.7. The van der Waals surface area contributed by atoms with Crippen molar-refractivity contribution in [1.82, 2.24) is 4.72 Å². The predicted molar refractivity (Wildman–Crippen MR) is 65.1 cm³/mol. The van der Waals surface area contributed by atoms with Crippen LogP contribution in [-0.2, 0) is 25.7 Å². The number of ether oxygens (including phenoxy) is 1. The molecule has 1 unspecified atom stereocenters.